The first-order valence-corrected chi connectivity index (χ1v) is 8.07. The van der Waals surface area contributed by atoms with Gasteiger partial charge in [0.15, 0.2) is 0 Å². The van der Waals surface area contributed by atoms with Gasteiger partial charge in [-0.2, -0.15) is 0 Å². The first kappa shape index (κ1) is 17.3. The molecule has 0 radical (unpaired) electrons. The molecule has 0 heterocycles. The number of nitro groups is 1. The Kier molecular flexibility index (Phi) is 6.06. The summed E-state index contributed by atoms with van der Waals surface area (Å²) in [5.74, 6) is 5.26. The smallest absolute Gasteiger partial charge is 0.271 e. The highest BCUT2D eigenvalue weighted by molar-refractivity contribution is 7.89. The molecule has 0 fully saturated rings. The van der Waals surface area contributed by atoms with Gasteiger partial charge >= 0.3 is 0 Å². The number of anilines is 1. The first-order valence-electron chi connectivity index (χ1n) is 6.59. The predicted molar refractivity (Wildman–Crippen MR) is 80.2 cm³/mol. The third-order valence-corrected chi connectivity index (χ3v) is 4.61. The average Bonchev–Trinajstić information content (AvgIpc) is 2.43. The van der Waals surface area contributed by atoms with E-state index in [0.29, 0.717) is 6.42 Å². The molecule has 0 aliphatic rings. The Morgan fingerprint density at radius 3 is 2.62 bits per heavy atom. The van der Waals surface area contributed by atoms with Crippen LogP contribution >= 0.6 is 0 Å². The molecule has 0 aliphatic heterocycles. The van der Waals surface area contributed by atoms with E-state index >= 15 is 0 Å². The molecule has 0 aliphatic carbocycles. The highest BCUT2D eigenvalue weighted by Gasteiger charge is 2.22. The van der Waals surface area contributed by atoms with Crippen molar-refractivity contribution in [2.24, 2.45) is 5.84 Å². The van der Waals surface area contributed by atoms with E-state index < -0.39 is 14.9 Å². The Hall–Kier alpha value is -1.71. The van der Waals surface area contributed by atoms with Crippen LogP contribution in [0, 0.1) is 10.1 Å². The molecule has 0 saturated carbocycles. The van der Waals surface area contributed by atoms with E-state index in [1.54, 1.807) is 6.92 Å². The molecule has 0 amide bonds. The summed E-state index contributed by atoms with van der Waals surface area (Å²) in [5.41, 5.74) is 1.94. The Morgan fingerprint density at radius 2 is 2.10 bits per heavy atom. The number of nitrogens with zero attached hydrogens (tertiary/aromatic N) is 1. The average molecular weight is 316 g/mol. The molecule has 1 aromatic carbocycles. The lowest BCUT2D eigenvalue weighted by molar-refractivity contribution is -0.384. The van der Waals surface area contributed by atoms with Gasteiger partial charge in [-0.15, -0.1) is 0 Å². The summed E-state index contributed by atoms with van der Waals surface area (Å²) in [7, 11) is -3.79. The molecule has 8 nitrogen and oxygen atoms in total. The zero-order valence-corrected chi connectivity index (χ0v) is 12.8. The lowest BCUT2D eigenvalue weighted by atomic mass is 10.2. The molecule has 0 bridgehead atoms. The fourth-order valence-electron chi connectivity index (χ4n) is 1.88. The molecule has 9 heteroatoms. The third-order valence-electron chi connectivity index (χ3n) is 2.97. The van der Waals surface area contributed by atoms with E-state index in [2.05, 4.69) is 10.1 Å². The van der Waals surface area contributed by atoms with Crippen molar-refractivity contribution in [2.45, 2.75) is 44.0 Å². The van der Waals surface area contributed by atoms with Gasteiger partial charge in [0.25, 0.3) is 5.69 Å². The van der Waals surface area contributed by atoms with Crippen LogP contribution < -0.4 is 16.0 Å². The van der Waals surface area contributed by atoms with Gasteiger partial charge in [0.1, 0.15) is 4.90 Å². The number of nitrogens with two attached hydrogens (primary N) is 1. The van der Waals surface area contributed by atoms with Crippen molar-refractivity contribution < 1.29 is 13.3 Å². The molecule has 0 aromatic heterocycles. The van der Waals surface area contributed by atoms with Crippen molar-refractivity contribution in [1.29, 1.82) is 0 Å². The Labute approximate surface area is 123 Å². The van der Waals surface area contributed by atoms with Crippen LogP contribution in [0.5, 0.6) is 0 Å². The van der Waals surface area contributed by atoms with E-state index in [9.17, 15) is 18.5 Å². The monoisotopic (exact) mass is 316 g/mol. The second kappa shape index (κ2) is 7.34. The Morgan fingerprint density at radius 1 is 1.43 bits per heavy atom. The van der Waals surface area contributed by atoms with Gasteiger partial charge in [-0.1, -0.05) is 19.8 Å². The minimum absolute atomic E-state index is 0.0145. The topological polar surface area (TPSA) is 127 Å². The summed E-state index contributed by atoms with van der Waals surface area (Å²) < 4.78 is 27.1. The molecular weight excluding hydrogens is 296 g/mol. The maximum absolute atomic E-state index is 12.3. The molecule has 1 aromatic rings. The number of sulfonamides is 1. The summed E-state index contributed by atoms with van der Waals surface area (Å²) in [4.78, 5) is 9.97. The Bertz CT molecular complexity index is 603. The minimum atomic E-state index is -3.79. The number of non-ortho nitro benzene ring substituents is 1. The van der Waals surface area contributed by atoms with Crippen molar-refractivity contribution >= 4 is 21.4 Å². The summed E-state index contributed by atoms with van der Waals surface area (Å²) in [6.07, 6.45) is 2.60. The number of hydrazine groups is 1. The maximum Gasteiger partial charge on any atom is 0.271 e. The summed E-state index contributed by atoms with van der Waals surface area (Å²) in [5, 5.41) is 10.7. The third kappa shape index (κ3) is 4.66. The number of unbranched alkanes of at least 4 members (excludes halogenated alkanes) is 1. The van der Waals surface area contributed by atoms with E-state index in [0.717, 1.165) is 25.0 Å². The van der Waals surface area contributed by atoms with Gasteiger partial charge in [0.2, 0.25) is 10.0 Å². The van der Waals surface area contributed by atoms with Crippen LogP contribution in [0.4, 0.5) is 11.4 Å². The number of hydrogen-bond acceptors (Lipinski definition) is 6. The van der Waals surface area contributed by atoms with Crippen LogP contribution in [0.1, 0.15) is 33.1 Å². The molecule has 118 valence electrons. The van der Waals surface area contributed by atoms with Crippen molar-refractivity contribution in [3.05, 3.63) is 28.3 Å². The summed E-state index contributed by atoms with van der Waals surface area (Å²) in [6, 6.07) is 3.16. The van der Waals surface area contributed by atoms with E-state index in [1.165, 1.54) is 6.07 Å². The standard InChI is InChI=1S/C12H20N4O4S/c1-3-4-5-9(2)15-21(19,20)12-7-6-10(16(17)18)8-11(12)14-13/h6-9,14-15H,3-5,13H2,1-2H3. The SMILES string of the molecule is CCCCC(C)NS(=O)(=O)c1ccc([N+](=O)[O-])cc1NN. The van der Waals surface area contributed by atoms with Gasteiger partial charge in [0.05, 0.1) is 10.6 Å². The first-order chi connectivity index (χ1) is 9.81. The normalized spacial score (nSPS) is 12.9. The van der Waals surface area contributed by atoms with Gasteiger partial charge < -0.3 is 5.43 Å². The van der Waals surface area contributed by atoms with Crippen LogP contribution in [-0.4, -0.2) is 19.4 Å². The molecule has 1 rings (SSSR count). The number of rotatable bonds is 8. The number of benzene rings is 1. The lowest BCUT2D eigenvalue weighted by Gasteiger charge is -2.15. The molecule has 21 heavy (non-hydrogen) atoms. The molecule has 1 atom stereocenters. The number of nitro benzene ring substituents is 1. The number of nitrogen functional groups attached to an aromatic ring is 1. The van der Waals surface area contributed by atoms with Crippen LogP contribution in [0.25, 0.3) is 0 Å². The highest BCUT2D eigenvalue weighted by atomic mass is 32.2. The fourth-order valence-corrected chi connectivity index (χ4v) is 3.31. The van der Waals surface area contributed by atoms with Crippen molar-refractivity contribution in [3.8, 4) is 0 Å². The minimum Gasteiger partial charge on any atom is -0.323 e. The molecular formula is C12H20N4O4S. The van der Waals surface area contributed by atoms with Crippen LogP contribution in [-0.2, 0) is 10.0 Å². The zero-order chi connectivity index (χ0) is 16.0. The van der Waals surface area contributed by atoms with Crippen molar-refractivity contribution in [2.75, 3.05) is 5.43 Å². The summed E-state index contributed by atoms with van der Waals surface area (Å²) >= 11 is 0. The van der Waals surface area contributed by atoms with Gasteiger partial charge in [-0.3, -0.25) is 16.0 Å². The van der Waals surface area contributed by atoms with Crippen LogP contribution in [0.15, 0.2) is 23.1 Å². The number of nitrogens with one attached hydrogen (secondary N) is 2. The molecule has 1 unspecified atom stereocenters. The molecule has 0 saturated heterocycles. The highest BCUT2D eigenvalue weighted by Crippen LogP contribution is 2.26. The molecule has 4 N–H and O–H groups in total. The van der Waals surface area contributed by atoms with Gasteiger partial charge in [-0.05, 0) is 19.4 Å². The maximum atomic E-state index is 12.3. The van der Waals surface area contributed by atoms with Crippen LogP contribution in [0.3, 0.4) is 0 Å². The van der Waals surface area contributed by atoms with Crippen molar-refractivity contribution in [1.82, 2.24) is 4.72 Å². The lowest BCUT2D eigenvalue weighted by Crippen LogP contribution is -2.33. The van der Waals surface area contributed by atoms with Crippen molar-refractivity contribution in [3.63, 3.8) is 0 Å². The zero-order valence-electron chi connectivity index (χ0n) is 12.0. The van der Waals surface area contributed by atoms with Gasteiger partial charge in [0, 0.05) is 18.2 Å². The Balaban J connectivity index is 3.05. The van der Waals surface area contributed by atoms with E-state index in [1.807, 2.05) is 6.92 Å². The summed E-state index contributed by atoms with van der Waals surface area (Å²) in [6.45, 7) is 3.79. The van der Waals surface area contributed by atoms with Crippen LogP contribution in [0.2, 0.25) is 0 Å². The fraction of sp³-hybridized carbons (Fsp3) is 0.500. The van der Waals surface area contributed by atoms with E-state index in [-0.39, 0.29) is 22.3 Å². The second-order valence-electron chi connectivity index (χ2n) is 4.75. The largest absolute Gasteiger partial charge is 0.323 e. The predicted octanol–water partition coefficient (Wildman–Crippen LogP) is 1.74. The molecule has 0 spiro atoms. The quantitative estimate of drug-likeness (QED) is 0.381. The van der Waals surface area contributed by atoms with E-state index in [4.69, 9.17) is 5.84 Å². The van der Waals surface area contributed by atoms with Gasteiger partial charge in [-0.25, -0.2) is 13.1 Å². The second-order valence-corrected chi connectivity index (χ2v) is 6.43. The number of hydrogen-bond donors (Lipinski definition) is 3.